The Morgan fingerprint density at radius 3 is 2.56 bits per heavy atom. The van der Waals surface area contributed by atoms with E-state index in [0.717, 1.165) is 12.1 Å². The number of aromatic nitrogens is 2. The van der Waals surface area contributed by atoms with Gasteiger partial charge in [-0.15, -0.1) is 10.2 Å². The summed E-state index contributed by atoms with van der Waals surface area (Å²) in [7, 11) is -3.88. The van der Waals surface area contributed by atoms with E-state index in [-0.39, 0.29) is 34.3 Å². The van der Waals surface area contributed by atoms with Crippen LogP contribution in [0.1, 0.15) is 11.5 Å². The lowest BCUT2D eigenvalue weighted by atomic mass is 10.2. The van der Waals surface area contributed by atoms with E-state index in [0.29, 0.717) is 0 Å². The van der Waals surface area contributed by atoms with Crippen LogP contribution in [-0.2, 0) is 16.6 Å². The van der Waals surface area contributed by atoms with Crippen LogP contribution < -0.4 is 4.72 Å². The van der Waals surface area contributed by atoms with E-state index in [1.165, 1.54) is 31.2 Å². The first-order chi connectivity index (χ1) is 11.9. The van der Waals surface area contributed by atoms with Gasteiger partial charge in [-0.25, -0.2) is 21.9 Å². The molecule has 0 unspecified atom stereocenters. The molecule has 0 saturated heterocycles. The first-order valence-corrected chi connectivity index (χ1v) is 8.68. The number of hydrogen-bond acceptors (Lipinski definition) is 5. The van der Waals surface area contributed by atoms with Gasteiger partial charge in [-0.05, 0) is 42.8 Å². The lowest BCUT2D eigenvalue weighted by Gasteiger charge is -2.06. The number of rotatable bonds is 5. The molecule has 3 rings (SSSR count). The van der Waals surface area contributed by atoms with Crippen LogP contribution in [0, 0.1) is 18.6 Å². The molecule has 0 spiro atoms. The van der Waals surface area contributed by atoms with Crippen LogP contribution in [0.2, 0.25) is 0 Å². The Hall–Kier alpha value is -2.65. The second kappa shape index (κ2) is 6.69. The summed E-state index contributed by atoms with van der Waals surface area (Å²) in [5.41, 5.74) is 0.334. The molecular formula is C16H13F2N3O3S. The van der Waals surface area contributed by atoms with E-state index in [1.54, 1.807) is 6.07 Å². The fraction of sp³-hybridized carbons (Fsp3) is 0.125. The fourth-order valence-electron chi connectivity index (χ4n) is 2.09. The van der Waals surface area contributed by atoms with Crippen molar-refractivity contribution in [1.82, 2.24) is 14.9 Å². The smallest absolute Gasteiger partial charge is 0.250 e. The third-order valence-electron chi connectivity index (χ3n) is 3.42. The summed E-state index contributed by atoms with van der Waals surface area (Å²) in [5, 5.41) is 7.40. The van der Waals surface area contributed by atoms with Gasteiger partial charge in [0.05, 0.1) is 17.0 Å². The van der Waals surface area contributed by atoms with Crippen LogP contribution >= 0.6 is 0 Å². The number of hydrogen-bond donors (Lipinski definition) is 1. The summed E-state index contributed by atoms with van der Waals surface area (Å²) < 4.78 is 58.9. The second-order valence-corrected chi connectivity index (χ2v) is 6.98. The van der Waals surface area contributed by atoms with Gasteiger partial charge in [0.25, 0.3) is 5.89 Å². The predicted molar refractivity (Wildman–Crippen MR) is 84.9 cm³/mol. The molecule has 2 aromatic carbocycles. The highest BCUT2D eigenvalue weighted by Crippen LogP contribution is 2.21. The van der Waals surface area contributed by atoms with Crippen LogP contribution in [0.3, 0.4) is 0 Å². The SMILES string of the molecule is Cc1cc(S(=O)(=O)NCc2nnc(-c3ccccc3F)o2)ccc1F. The number of sulfonamides is 1. The highest BCUT2D eigenvalue weighted by molar-refractivity contribution is 7.89. The van der Waals surface area contributed by atoms with Gasteiger partial charge in [0.15, 0.2) is 0 Å². The first-order valence-electron chi connectivity index (χ1n) is 7.20. The van der Waals surface area contributed by atoms with Crippen LogP contribution in [0.15, 0.2) is 51.8 Å². The summed E-state index contributed by atoms with van der Waals surface area (Å²) >= 11 is 0. The predicted octanol–water partition coefficient (Wildman–Crippen LogP) is 2.80. The van der Waals surface area contributed by atoms with Crippen molar-refractivity contribution < 1.29 is 21.6 Å². The topological polar surface area (TPSA) is 85.1 Å². The summed E-state index contributed by atoms with van der Waals surface area (Å²) in [6, 6.07) is 9.31. The number of halogens is 2. The van der Waals surface area contributed by atoms with Crippen molar-refractivity contribution in [3.63, 3.8) is 0 Å². The van der Waals surface area contributed by atoms with E-state index in [9.17, 15) is 17.2 Å². The molecule has 0 aliphatic carbocycles. The van der Waals surface area contributed by atoms with Gasteiger partial charge in [-0.1, -0.05) is 12.1 Å². The highest BCUT2D eigenvalue weighted by atomic mass is 32.2. The Morgan fingerprint density at radius 2 is 1.84 bits per heavy atom. The molecule has 0 bridgehead atoms. The maximum atomic E-state index is 13.7. The van der Waals surface area contributed by atoms with Crippen molar-refractivity contribution in [2.75, 3.05) is 0 Å². The van der Waals surface area contributed by atoms with Crippen molar-refractivity contribution in [2.45, 2.75) is 18.4 Å². The first kappa shape index (κ1) is 17.2. The zero-order valence-electron chi connectivity index (χ0n) is 13.0. The molecule has 3 aromatic rings. The third-order valence-corrected chi connectivity index (χ3v) is 4.82. The number of benzene rings is 2. The van der Waals surface area contributed by atoms with Gasteiger partial charge in [-0.3, -0.25) is 0 Å². The molecule has 1 aromatic heterocycles. The summed E-state index contributed by atoms with van der Waals surface area (Å²) in [6.07, 6.45) is 0. The van der Waals surface area contributed by atoms with Crippen LogP contribution in [0.25, 0.3) is 11.5 Å². The minimum atomic E-state index is -3.88. The van der Waals surface area contributed by atoms with Gasteiger partial charge in [0.2, 0.25) is 15.9 Å². The van der Waals surface area contributed by atoms with Crippen LogP contribution in [0.4, 0.5) is 8.78 Å². The normalized spacial score (nSPS) is 11.6. The van der Waals surface area contributed by atoms with Crippen molar-refractivity contribution in [2.24, 2.45) is 0 Å². The molecule has 0 aliphatic heterocycles. The molecule has 0 atom stereocenters. The summed E-state index contributed by atoms with van der Waals surface area (Å²) in [6.45, 7) is 1.19. The molecule has 9 heteroatoms. The maximum absolute atomic E-state index is 13.7. The molecule has 1 heterocycles. The minimum Gasteiger partial charge on any atom is -0.419 e. The van der Waals surface area contributed by atoms with Gasteiger partial charge >= 0.3 is 0 Å². The summed E-state index contributed by atoms with van der Waals surface area (Å²) in [5.74, 6) is -1.10. The van der Waals surface area contributed by atoms with E-state index in [2.05, 4.69) is 14.9 Å². The highest BCUT2D eigenvalue weighted by Gasteiger charge is 2.18. The Labute approximate surface area is 142 Å². The van der Waals surface area contributed by atoms with Crippen molar-refractivity contribution in [3.8, 4) is 11.5 Å². The van der Waals surface area contributed by atoms with E-state index >= 15 is 0 Å². The zero-order valence-corrected chi connectivity index (χ0v) is 13.8. The van der Waals surface area contributed by atoms with E-state index < -0.39 is 21.7 Å². The van der Waals surface area contributed by atoms with E-state index in [1.807, 2.05) is 0 Å². The van der Waals surface area contributed by atoms with Crippen LogP contribution in [0.5, 0.6) is 0 Å². The van der Waals surface area contributed by atoms with Gasteiger partial charge in [0, 0.05) is 0 Å². The fourth-order valence-corrected chi connectivity index (χ4v) is 3.15. The Kier molecular flexibility index (Phi) is 4.60. The molecule has 130 valence electrons. The van der Waals surface area contributed by atoms with Crippen molar-refractivity contribution in [3.05, 3.63) is 65.6 Å². The number of aryl methyl sites for hydroxylation is 1. The van der Waals surface area contributed by atoms with Gasteiger partial charge in [0.1, 0.15) is 11.6 Å². The summed E-state index contributed by atoms with van der Waals surface area (Å²) in [4.78, 5) is -0.0831. The molecule has 0 radical (unpaired) electrons. The van der Waals surface area contributed by atoms with Gasteiger partial charge in [-0.2, -0.15) is 0 Å². The second-order valence-electron chi connectivity index (χ2n) is 5.22. The quantitative estimate of drug-likeness (QED) is 0.751. The third kappa shape index (κ3) is 3.72. The molecule has 0 amide bonds. The number of nitrogens with zero attached hydrogens (tertiary/aromatic N) is 2. The lowest BCUT2D eigenvalue weighted by molar-refractivity contribution is 0.490. The minimum absolute atomic E-state index is 0.0272. The Balaban J connectivity index is 1.75. The van der Waals surface area contributed by atoms with Gasteiger partial charge < -0.3 is 4.42 Å². The largest absolute Gasteiger partial charge is 0.419 e. The average molecular weight is 365 g/mol. The molecule has 0 fully saturated rings. The average Bonchev–Trinajstić information content (AvgIpc) is 3.05. The van der Waals surface area contributed by atoms with Crippen molar-refractivity contribution in [1.29, 1.82) is 0 Å². The number of nitrogens with one attached hydrogen (secondary N) is 1. The molecule has 6 nitrogen and oxygen atoms in total. The molecule has 1 N–H and O–H groups in total. The molecule has 25 heavy (non-hydrogen) atoms. The monoisotopic (exact) mass is 365 g/mol. The Bertz CT molecular complexity index is 1020. The molecule has 0 aliphatic rings. The van der Waals surface area contributed by atoms with Crippen LogP contribution in [-0.4, -0.2) is 18.6 Å². The lowest BCUT2D eigenvalue weighted by Crippen LogP contribution is -2.23. The standard InChI is InChI=1S/C16H13F2N3O3S/c1-10-8-11(6-7-13(10)17)25(22,23)19-9-15-20-21-16(24-15)12-4-2-3-5-14(12)18/h2-8,19H,9H2,1H3. The molecular weight excluding hydrogens is 352 g/mol. The Morgan fingerprint density at radius 1 is 1.08 bits per heavy atom. The van der Waals surface area contributed by atoms with E-state index in [4.69, 9.17) is 4.42 Å². The zero-order chi connectivity index (χ0) is 18.0. The molecule has 0 saturated carbocycles. The van der Waals surface area contributed by atoms with Crippen molar-refractivity contribution >= 4 is 10.0 Å². The maximum Gasteiger partial charge on any atom is 0.250 e.